The molecule has 18 heavy (non-hydrogen) atoms. The van der Waals surface area contributed by atoms with E-state index in [9.17, 15) is 4.79 Å². The first-order chi connectivity index (χ1) is 8.65. The fraction of sp³-hybridized carbons (Fsp3) is 0.533. The lowest BCUT2D eigenvalue weighted by atomic mass is 10.1. The summed E-state index contributed by atoms with van der Waals surface area (Å²) in [6.07, 6.45) is 5.10. The molecule has 0 saturated carbocycles. The van der Waals surface area contributed by atoms with Crippen LogP contribution in [0.1, 0.15) is 57.6 Å². The average molecular weight is 268 g/mol. The molecule has 0 saturated heterocycles. The summed E-state index contributed by atoms with van der Waals surface area (Å²) in [4.78, 5) is 11.7. The van der Waals surface area contributed by atoms with Gasteiger partial charge in [-0.25, -0.2) is 0 Å². The molecular weight excluding hydrogens is 246 g/mol. The second-order valence-electron chi connectivity index (χ2n) is 4.62. The van der Waals surface area contributed by atoms with Gasteiger partial charge in [-0.1, -0.05) is 56.0 Å². The molecule has 0 aliphatic carbocycles. The molecule has 0 spiro atoms. The Balaban J connectivity index is 2.38. The minimum atomic E-state index is -0.0302. The summed E-state index contributed by atoms with van der Waals surface area (Å²) < 4.78 is 0. The summed E-state index contributed by atoms with van der Waals surface area (Å²) in [6.45, 7) is 4.13. The Morgan fingerprint density at radius 3 is 2.67 bits per heavy atom. The highest BCUT2D eigenvalue weighted by atomic mass is 35.5. The van der Waals surface area contributed by atoms with Crippen molar-refractivity contribution in [3.05, 3.63) is 34.9 Å². The lowest BCUT2D eigenvalue weighted by Crippen LogP contribution is -2.26. The number of hydrogen-bond acceptors (Lipinski definition) is 1. The van der Waals surface area contributed by atoms with Crippen molar-refractivity contribution in [3.63, 3.8) is 0 Å². The normalized spacial score (nSPS) is 12.2. The molecular formula is C15H22ClNO. The van der Waals surface area contributed by atoms with Gasteiger partial charge in [0.25, 0.3) is 0 Å². The van der Waals surface area contributed by atoms with Crippen molar-refractivity contribution in [3.8, 4) is 0 Å². The van der Waals surface area contributed by atoms with Gasteiger partial charge in [-0.3, -0.25) is 4.79 Å². The monoisotopic (exact) mass is 267 g/mol. The van der Waals surface area contributed by atoms with E-state index in [2.05, 4.69) is 12.2 Å². The summed E-state index contributed by atoms with van der Waals surface area (Å²) in [5.74, 6) is 0.110. The predicted molar refractivity (Wildman–Crippen MR) is 76.8 cm³/mol. The van der Waals surface area contributed by atoms with E-state index in [1.165, 1.54) is 12.8 Å². The zero-order valence-corrected chi connectivity index (χ0v) is 12.0. The number of halogens is 1. The average Bonchev–Trinajstić information content (AvgIpc) is 2.35. The van der Waals surface area contributed by atoms with E-state index in [1.54, 1.807) is 0 Å². The maximum atomic E-state index is 11.7. The highest BCUT2D eigenvalue weighted by molar-refractivity contribution is 6.31. The Morgan fingerprint density at radius 2 is 2.00 bits per heavy atom. The molecule has 0 aliphatic heterocycles. The van der Waals surface area contributed by atoms with Crippen LogP contribution in [-0.4, -0.2) is 5.91 Å². The Labute approximate surface area is 115 Å². The predicted octanol–water partition coefficient (Wildman–Crippen LogP) is 4.49. The van der Waals surface area contributed by atoms with Gasteiger partial charge in [0.15, 0.2) is 0 Å². The third-order valence-corrected chi connectivity index (χ3v) is 3.35. The Morgan fingerprint density at radius 1 is 1.28 bits per heavy atom. The van der Waals surface area contributed by atoms with E-state index in [4.69, 9.17) is 11.6 Å². The smallest absolute Gasteiger partial charge is 0.220 e. The van der Waals surface area contributed by atoms with Crippen molar-refractivity contribution >= 4 is 17.5 Å². The second-order valence-corrected chi connectivity index (χ2v) is 5.03. The van der Waals surface area contributed by atoms with Crippen molar-refractivity contribution in [2.45, 2.75) is 52.0 Å². The van der Waals surface area contributed by atoms with Crippen LogP contribution in [0.4, 0.5) is 0 Å². The highest BCUT2D eigenvalue weighted by Gasteiger charge is 2.11. The maximum absolute atomic E-state index is 11.7. The van der Waals surface area contributed by atoms with Crippen LogP contribution in [0, 0.1) is 0 Å². The van der Waals surface area contributed by atoms with Crippen molar-refractivity contribution in [1.82, 2.24) is 5.32 Å². The van der Waals surface area contributed by atoms with Gasteiger partial charge in [-0.2, -0.15) is 0 Å². The van der Waals surface area contributed by atoms with Crippen LogP contribution in [-0.2, 0) is 4.79 Å². The number of unbranched alkanes of at least 4 members (excludes halogenated alkanes) is 3. The largest absolute Gasteiger partial charge is 0.350 e. The van der Waals surface area contributed by atoms with Gasteiger partial charge in [0.1, 0.15) is 0 Å². The number of carbonyl (C=O) groups is 1. The van der Waals surface area contributed by atoms with Crippen molar-refractivity contribution in [2.75, 3.05) is 0 Å². The molecule has 0 bridgehead atoms. The second kappa shape index (κ2) is 8.15. The zero-order chi connectivity index (χ0) is 13.4. The van der Waals surface area contributed by atoms with Crippen LogP contribution < -0.4 is 5.32 Å². The number of carbonyl (C=O) groups excluding carboxylic acids is 1. The fourth-order valence-electron chi connectivity index (χ4n) is 1.93. The quantitative estimate of drug-likeness (QED) is 0.725. The van der Waals surface area contributed by atoms with E-state index in [0.29, 0.717) is 11.4 Å². The van der Waals surface area contributed by atoms with Gasteiger partial charge in [0, 0.05) is 11.4 Å². The highest BCUT2D eigenvalue weighted by Crippen LogP contribution is 2.22. The van der Waals surface area contributed by atoms with Crippen molar-refractivity contribution < 1.29 is 4.79 Å². The van der Waals surface area contributed by atoms with Crippen LogP contribution in [0.15, 0.2) is 24.3 Å². The molecule has 1 amide bonds. The van der Waals surface area contributed by atoms with Gasteiger partial charge in [0.2, 0.25) is 5.91 Å². The molecule has 1 unspecified atom stereocenters. The maximum Gasteiger partial charge on any atom is 0.220 e. The van der Waals surface area contributed by atoms with E-state index in [1.807, 2.05) is 31.2 Å². The number of amides is 1. The SMILES string of the molecule is CCCCCCC(=O)NC(C)c1ccccc1Cl. The number of hydrogen-bond donors (Lipinski definition) is 1. The first-order valence-electron chi connectivity index (χ1n) is 6.69. The Hall–Kier alpha value is -1.02. The van der Waals surface area contributed by atoms with Crippen molar-refractivity contribution in [2.24, 2.45) is 0 Å². The molecule has 1 aromatic carbocycles. The van der Waals surface area contributed by atoms with Crippen LogP contribution in [0.25, 0.3) is 0 Å². The van der Waals surface area contributed by atoms with Crippen LogP contribution in [0.3, 0.4) is 0 Å². The lowest BCUT2D eigenvalue weighted by molar-refractivity contribution is -0.121. The first kappa shape index (κ1) is 15.0. The minimum Gasteiger partial charge on any atom is -0.350 e. The van der Waals surface area contributed by atoms with Gasteiger partial charge < -0.3 is 5.32 Å². The van der Waals surface area contributed by atoms with E-state index >= 15 is 0 Å². The molecule has 1 aromatic rings. The Kier molecular flexibility index (Phi) is 6.81. The number of benzene rings is 1. The molecule has 0 aliphatic rings. The van der Waals surface area contributed by atoms with Crippen LogP contribution >= 0.6 is 11.6 Å². The van der Waals surface area contributed by atoms with E-state index in [-0.39, 0.29) is 11.9 Å². The number of rotatable bonds is 7. The van der Waals surface area contributed by atoms with Crippen LogP contribution in [0.2, 0.25) is 5.02 Å². The summed E-state index contributed by atoms with van der Waals surface area (Å²) in [7, 11) is 0. The summed E-state index contributed by atoms with van der Waals surface area (Å²) in [6, 6.07) is 7.60. The van der Waals surface area contributed by atoms with Gasteiger partial charge in [0.05, 0.1) is 6.04 Å². The van der Waals surface area contributed by atoms with Gasteiger partial charge in [-0.05, 0) is 25.0 Å². The summed E-state index contributed by atoms with van der Waals surface area (Å²) >= 11 is 6.10. The topological polar surface area (TPSA) is 29.1 Å². The lowest BCUT2D eigenvalue weighted by Gasteiger charge is -2.15. The molecule has 0 aromatic heterocycles. The number of nitrogens with one attached hydrogen (secondary N) is 1. The third kappa shape index (κ3) is 5.09. The molecule has 1 N–H and O–H groups in total. The van der Waals surface area contributed by atoms with Crippen molar-refractivity contribution in [1.29, 1.82) is 0 Å². The first-order valence-corrected chi connectivity index (χ1v) is 7.06. The Bertz CT molecular complexity index is 379. The molecule has 1 atom stereocenters. The fourth-order valence-corrected chi connectivity index (χ4v) is 2.23. The molecule has 2 nitrogen and oxygen atoms in total. The third-order valence-electron chi connectivity index (χ3n) is 3.01. The molecule has 0 radical (unpaired) electrons. The molecule has 3 heteroatoms. The minimum absolute atomic E-state index is 0.0302. The summed E-state index contributed by atoms with van der Waals surface area (Å²) in [5.41, 5.74) is 0.973. The zero-order valence-electron chi connectivity index (χ0n) is 11.2. The van der Waals surface area contributed by atoms with E-state index in [0.717, 1.165) is 18.4 Å². The summed E-state index contributed by atoms with van der Waals surface area (Å²) in [5, 5.41) is 3.70. The van der Waals surface area contributed by atoms with Gasteiger partial charge >= 0.3 is 0 Å². The molecule has 100 valence electrons. The molecule has 0 fully saturated rings. The van der Waals surface area contributed by atoms with Crippen LogP contribution in [0.5, 0.6) is 0 Å². The molecule has 1 rings (SSSR count). The van der Waals surface area contributed by atoms with E-state index < -0.39 is 0 Å². The van der Waals surface area contributed by atoms with Gasteiger partial charge in [-0.15, -0.1) is 0 Å². The molecule has 0 heterocycles. The standard InChI is InChI=1S/C15H22ClNO/c1-3-4-5-6-11-15(18)17-12(2)13-9-7-8-10-14(13)16/h7-10,12H,3-6,11H2,1-2H3,(H,17,18).